The van der Waals surface area contributed by atoms with Crippen molar-refractivity contribution in [3.8, 4) is 11.3 Å². The molecule has 0 aliphatic heterocycles. The second-order valence-corrected chi connectivity index (χ2v) is 3.69. The lowest BCUT2D eigenvalue weighted by molar-refractivity contribution is 0.769. The molecule has 2 rings (SSSR count). The van der Waals surface area contributed by atoms with Gasteiger partial charge in [-0.2, -0.15) is 0 Å². The maximum Gasteiger partial charge on any atom is 0.180 e. The van der Waals surface area contributed by atoms with E-state index in [1.54, 1.807) is 0 Å². The van der Waals surface area contributed by atoms with E-state index in [4.69, 9.17) is 5.73 Å². The molecule has 0 unspecified atom stereocenters. The first-order valence-corrected chi connectivity index (χ1v) is 5.04. The van der Waals surface area contributed by atoms with E-state index >= 15 is 0 Å². The van der Waals surface area contributed by atoms with Gasteiger partial charge in [0.15, 0.2) is 5.13 Å². The summed E-state index contributed by atoms with van der Waals surface area (Å²) in [6, 6.07) is 2.05. The molecule has 0 saturated carbocycles. The maximum absolute atomic E-state index is 5.56. The molecular formula is C9H11N3S. The Morgan fingerprint density at radius 3 is 3.00 bits per heavy atom. The van der Waals surface area contributed by atoms with E-state index < -0.39 is 0 Å². The monoisotopic (exact) mass is 193 g/mol. The number of hydrogen-bond donors (Lipinski definition) is 1. The van der Waals surface area contributed by atoms with E-state index in [2.05, 4.69) is 28.7 Å². The number of nitrogens with zero attached hydrogens (tertiary/aromatic N) is 2. The largest absolute Gasteiger partial charge is 0.375 e. The van der Waals surface area contributed by atoms with Crippen LogP contribution in [0.4, 0.5) is 5.13 Å². The molecule has 0 atom stereocenters. The van der Waals surface area contributed by atoms with Crippen LogP contribution in [0, 0.1) is 0 Å². The number of aryl methyl sites for hydroxylation is 1. The highest BCUT2D eigenvalue weighted by molar-refractivity contribution is 7.13. The molecule has 2 aromatic rings. The summed E-state index contributed by atoms with van der Waals surface area (Å²) in [4.78, 5) is 4.21. The SMILES string of the molecule is CCn1ccc(-c2csc(N)n2)c1. The third kappa shape index (κ3) is 1.58. The second kappa shape index (κ2) is 3.22. The average molecular weight is 193 g/mol. The minimum atomic E-state index is 0.624. The van der Waals surface area contributed by atoms with Gasteiger partial charge in [0.1, 0.15) is 0 Å². The molecule has 0 saturated heterocycles. The van der Waals surface area contributed by atoms with E-state index in [9.17, 15) is 0 Å². The van der Waals surface area contributed by atoms with Gasteiger partial charge >= 0.3 is 0 Å². The smallest absolute Gasteiger partial charge is 0.180 e. The normalized spacial score (nSPS) is 10.5. The number of anilines is 1. The summed E-state index contributed by atoms with van der Waals surface area (Å²) in [5.41, 5.74) is 7.66. The molecular weight excluding hydrogens is 182 g/mol. The molecule has 2 N–H and O–H groups in total. The van der Waals surface area contributed by atoms with Gasteiger partial charge in [-0.05, 0) is 13.0 Å². The van der Waals surface area contributed by atoms with Gasteiger partial charge < -0.3 is 10.3 Å². The Bertz CT molecular complexity index is 402. The standard InChI is InChI=1S/C9H11N3S/c1-2-12-4-3-7(5-12)8-6-13-9(10)11-8/h3-6H,2H2,1H3,(H2,10,11). The quantitative estimate of drug-likeness (QED) is 0.794. The van der Waals surface area contributed by atoms with Crippen LogP contribution >= 0.6 is 11.3 Å². The van der Waals surface area contributed by atoms with Gasteiger partial charge in [0, 0.05) is 29.9 Å². The lowest BCUT2D eigenvalue weighted by Gasteiger charge is -1.92. The Morgan fingerprint density at radius 1 is 1.62 bits per heavy atom. The first-order chi connectivity index (χ1) is 6.29. The lowest BCUT2D eigenvalue weighted by Crippen LogP contribution is -1.86. The fourth-order valence-corrected chi connectivity index (χ4v) is 1.78. The minimum Gasteiger partial charge on any atom is -0.375 e. The Balaban J connectivity index is 2.35. The number of hydrogen-bond acceptors (Lipinski definition) is 3. The van der Waals surface area contributed by atoms with E-state index in [-0.39, 0.29) is 0 Å². The van der Waals surface area contributed by atoms with Gasteiger partial charge in [0.05, 0.1) is 5.69 Å². The van der Waals surface area contributed by atoms with Crippen LogP contribution in [-0.4, -0.2) is 9.55 Å². The van der Waals surface area contributed by atoms with Crippen LogP contribution in [0.1, 0.15) is 6.92 Å². The highest BCUT2D eigenvalue weighted by Gasteiger charge is 2.02. The second-order valence-electron chi connectivity index (χ2n) is 2.80. The predicted molar refractivity (Wildman–Crippen MR) is 55.6 cm³/mol. The van der Waals surface area contributed by atoms with Gasteiger partial charge in [-0.25, -0.2) is 4.98 Å². The zero-order valence-corrected chi connectivity index (χ0v) is 8.21. The molecule has 68 valence electrons. The van der Waals surface area contributed by atoms with E-state index in [1.807, 2.05) is 11.6 Å². The number of nitrogen functional groups attached to an aromatic ring is 1. The van der Waals surface area contributed by atoms with Gasteiger partial charge in [-0.1, -0.05) is 0 Å². The van der Waals surface area contributed by atoms with Crippen molar-refractivity contribution in [1.82, 2.24) is 9.55 Å². The Kier molecular flexibility index (Phi) is 2.06. The molecule has 2 aromatic heterocycles. The zero-order valence-electron chi connectivity index (χ0n) is 7.40. The zero-order chi connectivity index (χ0) is 9.26. The van der Waals surface area contributed by atoms with Crippen molar-refractivity contribution in [3.63, 3.8) is 0 Å². The van der Waals surface area contributed by atoms with Gasteiger partial charge in [0.2, 0.25) is 0 Å². The fraction of sp³-hybridized carbons (Fsp3) is 0.222. The molecule has 3 nitrogen and oxygen atoms in total. The van der Waals surface area contributed by atoms with Crippen molar-refractivity contribution < 1.29 is 0 Å². The third-order valence-corrected chi connectivity index (χ3v) is 2.61. The molecule has 0 radical (unpaired) electrons. The summed E-state index contributed by atoms with van der Waals surface area (Å²) >= 11 is 1.47. The van der Waals surface area contributed by atoms with Crippen molar-refractivity contribution in [2.45, 2.75) is 13.5 Å². The molecule has 0 aliphatic rings. The topological polar surface area (TPSA) is 43.8 Å². The van der Waals surface area contributed by atoms with E-state index in [0.717, 1.165) is 17.8 Å². The van der Waals surface area contributed by atoms with Crippen molar-refractivity contribution in [2.24, 2.45) is 0 Å². The van der Waals surface area contributed by atoms with Crippen molar-refractivity contribution in [3.05, 3.63) is 23.8 Å². The van der Waals surface area contributed by atoms with Crippen LogP contribution in [0.25, 0.3) is 11.3 Å². The summed E-state index contributed by atoms with van der Waals surface area (Å²) in [6.45, 7) is 3.10. The van der Waals surface area contributed by atoms with Crippen molar-refractivity contribution in [2.75, 3.05) is 5.73 Å². The van der Waals surface area contributed by atoms with Crippen LogP contribution in [0.15, 0.2) is 23.8 Å². The van der Waals surface area contributed by atoms with Crippen LogP contribution in [0.2, 0.25) is 0 Å². The van der Waals surface area contributed by atoms with Crippen LogP contribution in [-0.2, 0) is 6.54 Å². The Hall–Kier alpha value is -1.29. The summed E-state index contributed by atoms with van der Waals surface area (Å²) in [5, 5.41) is 2.60. The Labute approximate surface area is 80.8 Å². The van der Waals surface area contributed by atoms with Gasteiger partial charge in [-0.3, -0.25) is 0 Å². The molecule has 0 bridgehead atoms. The molecule has 4 heteroatoms. The summed E-state index contributed by atoms with van der Waals surface area (Å²) in [7, 11) is 0. The minimum absolute atomic E-state index is 0.624. The molecule has 0 spiro atoms. The average Bonchev–Trinajstić information content (AvgIpc) is 2.71. The molecule has 0 aliphatic carbocycles. The number of rotatable bonds is 2. The Morgan fingerprint density at radius 2 is 2.46 bits per heavy atom. The van der Waals surface area contributed by atoms with Gasteiger partial charge in [-0.15, -0.1) is 11.3 Å². The maximum atomic E-state index is 5.56. The number of nitrogens with two attached hydrogens (primary N) is 1. The van der Waals surface area contributed by atoms with Gasteiger partial charge in [0.25, 0.3) is 0 Å². The van der Waals surface area contributed by atoms with Crippen molar-refractivity contribution >= 4 is 16.5 Å². The third-order valence-electron chi connectivity index (χ3n) is 1.93. The predicted octanol–water partition coefficient (Wildman–Crippen LogP) is 2.21. The first-order valence-electron chi connectivity index (χ1n) is 4.16. The van der Waals surface area contributed by atoms with Crippen LogP contribution in [0.3, 0.4) is 0 Å². The fourth-order valence-electron chi connectivity index (χ4n) is 1.21. The van der Waals surface area contributed by atoms with Crippen LogP contribution < -0.4 is 5.73 Å². The summed E-state index contributed by atoms with van der Waals surface area (Å²) in [6.07, 6.45) is 4.12. The highest BCUT2D eigenvalue weighted by atomic mass is 32.1. The number of aromatic nitrogens is 2. The summed E-state index contributed by atoms with van der Waals surface area (Å²) < 4.78 is 2.12. The van der Waals surface area contributed by atoms with E-state index in [1.165, 1.54) is 11.3 Å². The summed E-state index contributed by atoms with van der Waals surface area (Å²) in [5.74, 6) is 0. The molecule has 0 amide bonds. The highest BCUT2D eigenvalue weighted by Crippen LogP contribution is 2.22. The first kappa shape index (κ1) is 8.31. The van der Waals surface area contributed by atoms with Crippen LogP contribution in [0.5, 0.6) is 0 Å². The molecule has 0 aromatic carbocycles. The number of thiazole rings is 1. The molecule has 2 heterocycles. The van der Waals surface area contributed by atoms with E-state index in [0.29, 0.717) is 5.13 Å². The lowest BCUT2D eigenvalue weighted by atomic mass is 10.3. The molecule has 13 heavy (non-hydrogen) atoms. The van der Waals surface area contributed by atoms with Crippen molar-refractivity contribution in [1.29, 1.82) is 0 Å². The molecule has 0 fully saturated rings.